The number of amides is 1. The highest BCUT2D eigenvalue weighted by Crippen LogP contribution is 2.26. The number of carbonyl (C=O) groups excluding carboxylic acids is 1. The topological polar surface area (TPSA) is 77.0 Å². The van der Waals surface area contributed by atoms with E-state index >= 15 is 0 Å². The summed E-state index contributed by atoms with van der Waals surface area (Å²) in [6.07, 6.45) is 4.62. The molecule has 2 heterocycles. The molecule has 1 fully saturated rings. The van der Waals surface area contributed by atoms with Crippen LogP contribution in [0.2, 0.25) is 0 Å². The first-order valence-corrected chi connectivity index (χ1v) is 10.6. The summed E-state index contributed by atoms with van der Waals surface area (Å²) < 4.78 is 1.48. The summed E-state index contributed by atoms with van der Waals surface area (Å²) >= 11 is 1.35. The quantitative estimate of drug-likeness (QED) is 0.642. The van der Waals surface area contributed by atoms with Crippen LogP contribution >= 0.6 is 11.8 Å². The Balaban J connectivity index is 1.65. The van der Waals surface area contributed by atoms with Gasteiger partial charge >= 0.3 is 0 Å². The van der Waals surface area contributed by atoms with Gasteiger partial charge in [-0.25, -0.2) is 4.68 Å². The summed E-state index contributed by atoms with van der Waals surface area (Å²) in [5.74, 6) is 7.31. The van der Waals surface area contributed by atoms with Crippen LogP contribution < -0.4 is 5.84 Å². The van der Waals surface area contributed by atoms with Gasteiger partial charge in [-0.15, -0.1) is 10.2 Å². The van der Waals surface area contributed by atoms with E-state index in [2.05, 4.69) is 43.1 Å². The van der Waals surface area contributed by atoms with Gasteiger partial charge in [-0.05, 0) is 23.8 Å². The van der Waals surface area contributed by atoms with Gasteiger partial charge in [0.15, 0.2) is 5.82 Å². The number of benzene rings is 1. The van der Waals surface area contributed by atoms with E-state index in [4.69, 9.17) is 5.84 Å². The average molecular weight is 388 g/mol. The number of aromatic nitrogens is 3. The minimum atomic E-state index is 0.101. The van der Waals surface area contributed by atoms with Crippen molar-refractivity contribution in [1.82, 2.24) is 19.8 Å². The Bertz CT molecular complexity index is 771. The molecule has 2 N–H and O–H groups in total. The molecule has 7 heteroatoms. The maximum Gasteiger partial charge on any atom is 0.233 e. The van der Waals surface area contributed by atoms with E-state index in [1.165, 1.54) is 34.8 Å². The molecule has 6 nitrogen and oxygen atoms in total. The SMILES string of the molecule is CC(C)(C)c1ccc(-c2nnc(SCC(=O)N3CCCCCC3)n2N)cc1. The summed E-state index contributed by atoms with van der Waals surface area (Å²) in [6.45, 7) is 8.27. The smallest absolute Gasteiger partial charge is 0.233 e. The molecule has 1 aromatic carbocycles. The van der Waals surface area contributed by atoms with Crippen LogP contribution in [0.15, 0.2) is 29.4 Å². The molecule has 0 aliphatic carbocycles. The van der Waals surface area contributed by atoms with Crippen LogP contribution in [0, 0.1) is 0 Å². The zero-order chi connectivity index (χ0) is 19.4. The molecule has 0 radical (unpaired) electrons. The Morgan fingerprint density at radius 1 is 1.07 bits per heavy atom. The molecule has 0 spiro atoms. The Labute approximate surface area is 165 Å². The zero-order valence-electron chi connectivity index (χ0n) is 16.4. The van der Waals surface area contributed by atoms with Gasteiger partial charge in [0.2, 0.25) is 11.1 Å². The van der Waals surface area contributed by atoms with Gasteiger partial charge in [0.25, 0.3) is 0 Å². The van der Waals surface area contributed by atoms with Crippen LogP contribution in [-0.2, 0) is 10.2 Å². The minimum absolute atomic E-state index is 0.101. The number of hydrogen-bond acceptors (Lipinski definition) is 5. The van der Waals surface area contributed by atoms with Gasteiger partial charge in [0.05, 0.1) is 5.75 Å². The third-order valence-corrected chi connectivity index (χ3v) is 5.89. The standard InChI is InChI=1S/C20H29N5OS/c1-20(2,3)16-10-8-15(9-11-16)18-22-23-19(25(18)21)27-14-17(26)24-12-6-4-5-7-13-24/h8-11H,4-7,12-14,21H2,1-3H3. The third-order valence-electron chi connectivity index (χ3n) is 4.96. The van der Waals surface area contributed by atoms with Gasteiger partial charge < -0.3 is 10.7 Å². The number of hydrogen-bond donors (Lipinski definition) is 1. The molecule has 1 aliphatic rings. The van der Waals surface area contributed by atoms with Gasteiger partial charge in [-0.1, -0.05) is 69.6 Å². The lowest BCUT2D eigenvalue weighted by molar-refractivity contribution is -0.128. The number of nitrogen functional groups attached to an aromatic ring is 1. The summed E-state index contributed by atoms with van der Waals surface area (Å²) in [5.41, 5.74) is 2.28. The highest BCUT2D eigenvalue weighted by molar-refractivity contribution is 7.99. The first kappa shape index (κ1) is 19.7. The van der Waals surface area contributed by atoms with Crippen molar-refractivity contribution in [1.29, 1.82) is 0 Å². The molecule has 1 aliphatic heterocycles. The largest absolute Gasteiger partial charge is 0.342 e. The lowest BCUT2D eigenvalue weighted by Gasteiger charge is -2.19. The van der Waals surface area contributed by atoms with Crippen LogP contribution in [0.3, 0.4) is 0 Å². The lowest BCUT2D eigenvalue weighted by atomic mass is 9.87. The second-order valence-corrected chi connectivity index (χ2v) is 9.03. The van der Waals surface area contributed by atoms with E-state index in [0.29, 0.717) is 16.7 Å². The number of thioether (sulfide) groups is 1. The molecule has 1 amide bonds. The van der Waals surface area contributed by atoms with Crippen molar-refractivity contribution in [3.63, 3.8) is 0 Å². The second-order valence-electron chi connectivity index (χ2n) is 8.09. The average Bonchev–Trinajstić information content (AvgIpc) is 2.84. The second kappa shape index (κ2) is 8.33. The van der Waals surface area contributed by atoms with Crippen LogP contribution in [-0.4, -0.2) is 44.5 Å². The highest BCUT2D eigenvalue weighted by Gasteiger charge is 2.19. The van der Waals surface area contributed by atoms with Crippen molar-refractivity contribution in [3.8, 4) is 11.4 Å². The maximum absolute atomic E-state index is 12.5. The van der Waals surface area contributed by atoms with Gasteiger partial charge in [0, 0.05) is 18.7 Å². The van der Waals surface area contributed by atoms with Crippen LogP contribution in [0.5, 0.6) is 0 Å². The normalized spacial score (nSPS) is 15.6. The molecule has 0 saturated carbocycles. The zero-order valence-corrected chi connectivity index (χ0v) is 17.3. The Hall–Kier alpha value is -2.02. The van der Waals surface area contributed by atoms with E-state index in [1.807, 2.05) is 17.0 Å². The van der Waals surface area contributed by atoms with Crippen molar-refractivity contribution in [3.05, 3.63) is 29.8 Å². The predicted molar refractivity (Wildman–Crippen MR) is 110 cm³/mol. The van der Waals surface area contributed by atoms with Crippen molar-refractivity contribution in [2.24, 2.45) is 0 Å². The molecular weight excluding hydrogens is 358 g/mol. The molecular formula is C20H29N5OS. The predicted octanol–water partition coefficient (Wildman–Crippen LogP) is 3.45. The van der Waals surface area contributed by atoms with Crippen molar-refractivity contribution < 1.29 is 4.79 Å². The van der Waals surface area contributed by atoms with E-state index in [1.54, 1.807) is 0 Å². The summed E-state index contributed by atoms with van der Waals surface area (Å²) in [7, 11) is 0. The lowest BCUT2D eigenvalue weighted by Crippen LogP contribution is -2.33. The van der Waals surface area contributed by atoms with Crippen LogP contribution in [0.1, 0.15) is 52.0 Å². The van der Waals surface area contributed by atoms with E-state index in [-0.39, 0.29) is 11.3 Å². The molecule has 3 rings (SSSR count). The van der Waals surface area contributed by atoms with Crippen molar-refractivity contribution >= 4 is 17.7 Å². The number of likely N-dealkylation sites (tertiary alicyclic amines) is 1. The fraction of sp³-hybridized carbons (Fsp3) is 0.550. The first-order chi connectivity index (χ1) is 12.9. The monoisotopic (exact) mass is 387 g/mol. The highest BCUT2D eigenvalue weighted by atomic mass is 32.2. The van der Waals surface area contributed by atoms with E-state index in [9.17, 15) is 4.79 Å². The summed E-state index contributed by atoms with van der Waals surface area (Å²) in [6, 6.07) is 8.23. The van der Waals surface area contributed by atoms with E-state index in [0.717, 1.165) is 31.5 Å². The fourth-order valence-corrected chi connectivity index (χ4v) is 3.99. The molecule has 0 unspecified atom stereocenters. The fourth-order valence-electron chi connectivity index (χ4n) is 3.23. The number of rotatable bonds is 4. The number of carbonyl (C=O) groups is 1. The van der Waals surface area contributed by atoms with Crippen LogP contribution in [0.25, 0.3) is 11.4 Å². The van der Waals surface area contributed by atoms with Crippen molar-refractivity contribution in [2.45, 2.75) is 57.0 Å². The number of nitrogens with zero attached hydrogens (tertiary/aromatic N) is 4. The maximum atomic E-state index is 12.5. The molecule has 27 heavy (non-hydrogen) atoms. The minimum Gasteiger partial charge on any atom is -0.342 e. The Morgan fingerprint density at radius 3 is 2.30 bits per heavy atom. The summed E-state index contributed by atoms with van der Waals surface area (Å²) in [5, 5.41) is 8.97. The van der Waals surface area contributed by atoms with Crippen LogP contribution in [0.4, 0.5) is 0 Å². The van der Waals surface area contributed by atoms with Crippen molar-refractivity contribution in [2.75, 3.05) is 24.7 Å². The molecule has 1 aromatic heterocycles. The third kappa shape index (κ3) is 4.83. The Kier molecular flexibility index (Phi) is 6.09. The van der Waals surface area contributed by atoms with E-state index < -0.39 is 0 Å². The molecule has 1 saturated heterocycles. The van der Waals surface area contributed by atoms with Gasteiger partial charge in [-0.3, -0.25) is 4.79 Å². The van der Waals surface area contributed by atoms with Gasteiger partial charge in [-0.2, -0.15) is 0 Å². The molecule has 0 atom stereocenters. The Morgan fingerprint density at radius 2 is 1.70 bits per heavy atom. The number of nitrogens with two attached hydrogens (primary N) is 1. The molecule has 0 bridgehead atoms. The van der Waals surface area contributed by atoms with Gasteiger partial charge in [0.1, 0.15) is 0 Å². The molecule has 146 valence electrons. The molecule has 2 aromatic rings. The first-order valence-electron chi connectivity index (χ1n) is 9.58. The summed E-state index contributed by atoms with van der Waals surface area (Å²) in [4.78, 5) is 14.4.